The fraction of sp³-hybridized carbons (Fsp3) is 0.167. The molecule has 2 rings (SSSR count). The molecule has 1 heterocycles. The lowest BCUT2D eigenvalue weighted by molar-refractivity contribution is 0.561. The van der Waals surface area contributed by atoms with Gasteiger partial charge >= 0.3 is 0 Å². The molecule has 0 radical (unpaired) electrons. The van der Waals surface area contributed by atoms with Gasteiger partial charge in [-0.3, -0.25) is 0 Å². The fourth-order valence-electron chi connectivity index (χ4n) is 1.55. The van der Waals surface area contributed by atoms with E-state index in [1.165, 1.54) is 11.3 Å². The van der Waals surface area contributed by atoms with Crippen molar-refractivity contribution in [2.75, 3.05) is 0 Å². The van der Waals surface area contributed by atoms with E-state index in [2.05, 4.69) is 9.98 Å². The third-order valence-electron chi connectivity index (χ3n) is 2.33. The first-order chi connectivity index (χ1) is 7.83. The summed E-state index contributed by atoms with van der Waals surface area (Å²) in [7, 11) is 0. The van der Waals surface area contributed by atoms with Crippen LogP contribution < -0.4 is 0 Å². The summed E-state index contributed by atoms with van der Waals surface area (Å²) in [6.45, 7) is 1.92. The Morgan fingerprint density at radius 1 is 1.38 bits per heavy atom. The van der Waals surface area contributed by atoms with Crippen LogP contribution in [0.5, 0.6) is 0 Å². The molecule has 4 heteroatoms. The van der Waals surface area contributed by atoms with Crippen molar-refractivity contribution in [2.45, 2.75) is 13.0 Å². The van der Waals surface area contributed by atoms with Crippen LogP contribution in [0.1, 0.15) is 22.2 Å². The predicted octanol–water partition coefficient (Wildman–Crippen LogP) is 2.88. The number of rotatable bonds is 3. The van der Waals surface area contributed by atoms with Gasteiger partial charge in [-0.15, -0.1) is 11.3 Å². The Bertz CT molecular complexity index is 515. The minimum absolute atomic E-state index is 0.272. The van der Waals surface area contributed by atoms with Crippen LogP contribution in [-0.4, -0.2) is 11.1 Å². The second kappa shape index (κ2) is 4.84. The molecule has 1 atom stereocenters. The van der Waals surface area contributed by atoms with Gasteiger partial charge in [0.15, 0.2) is 0 Å². The van der Waals surface area contributed by atoms with E-state index >= 15 is 0 Å². The van der Waals surface area contributed by atoms with E-state index in [0.29, 0.717) is 0 Å². The number of benzene rings is 1. The van der Waals surface area contributed by atoms with Gasteiger partial charge < -0.3 is 0 Å². The molecule has 0 bridgehead atoms. The highest BCUT2D eigenvalue weighted by molar-refractivity contribution is 7.09. The molecule has 3 nitrogen and oxygen atoms in total. The van der Waals surface area contributed by atoms with Gasteiger partial charge in [0.1, 0.15) is 6.04 Å². The lowest BCUT2D eigenvalue weighted by Gasteiger charge is -2.09. The maximum absolute atomic E-state index is 10.5. The summed E-state index contributed by atoms with van der Waals surface area (Å²) in [6.07, 6.45) is 1.64. The number of isocyanates is 1. The molecule has 0 saturated carbocycles. The molecule has 0 fully saturated rings. The second-order valence-corrected chi connectivity index (χ2v) is 4.22. The van der Waals surface area contributed by atoms with E-state index in [1.807, 2.05) is 37.3 Å². The fourth-order valence-corrected chi connectivity index (χ4v) is 2.41. The Kier molecular flexibility index (Phi) is 3.25. The van der Waals surface area contributed by atoms with E-state index in [9.17, 15) is 4.79 Å². The summed E-state index contributed by atoms with van der Waals surface area (Å²) in [5, 5.41) is 0. The Morgan fingerprint density at radius 3 is 2.69 bits per heavy atom. The second-order valence-electron chi connectivity index (χ2n) is 3.34. The van der Waals surface area contributed by atoms with Gasteiger partial charge in [-0.25, -0.2) is 9.78 Å². The van der Waals surface area contributed by atoms with Crippen LogP contribution in [0.25, 0.3) is 0 Å². The summed E-state index contributed by atoms with van der Waals surface area (Å²) in [4.78, 5) is 19.5. The van der Waals surface area contributed by atoms with E-state index in [-0.39, 0.29) is 6.04 Å². The highest BCUT2D eigenvalue weighted by Gasteiger charge is 2.16. The highest BCUT2D eigenvalue weighted by atomic mass is 32.1. The standard InChI is InChI=1S/C12H10N2OS/c1-9-12(16-8-14-9)11(13-7-15)10-5-3-2-4-6-10/h2-6,8,11H,1H3. The lowest BCUT2D eigenvalue weighted by Crippen LogP contribution is -1.97. The minimum atomic E-state index is -0.272. The number of carbonyl (C=O) groups excluding carboxylic acids is 1. The molecule has 2 aromatic rings. The topological polar surface area (TPSA) is 42.3 Å². The van der Waals surface area contributed by atoms with Gasteiger partial charge in [-0.05, 0) is 12.5 Å². The van der Waals surface area contributed by atoms with Crippen LogP contribution in [0.4, 0.5) is 0 Å². The van der Waals surface area contributed by atoms with Crippen LogP contribution in [0.2, 0.25) is 0 Å². The van der Waals surface area contributed by atoms with Gasteiger partial charge in [-0.2, -0.15) is 4.99 Å². The molecule has 80 valence electrons. The Hall–Kier alpha value is -1.77. The first-order valence-electron chi connectivity index (χ1n) is 4.85. The van der Waals surface area contributed by atoms with Crippen LogP contribution in [0.3, 0.4) is 0 Å². The van der Waals surface area contributed by atoms with Crippen molar-refractivity contribution in [3.8, 4) is 0 Å². The minimum Gasteiger partial charge on any atom is -0.250 e. The van der Waals surface area contributed by atoms with Crippen LogP contribution >= 0.6 is 11.3 Å². The Balaban J connectivity index is 2.47. The highest BCUT2D eigenvalue weighted by Crippen LogP contribution is 2.30. The summed E-state index contributed by atoms with van der Waals surface area (Å²) < 4.78 is 0. The average Bonchev–Trinajstić information content (AvgIpc) is 2.73. The third-order valence-corrected chi connectivity index (χ3v) is 3.31. The van der Waals surface area contributed by atoms with E-state index in [1.54, 1.807) is 11.6 Å². The van der Waals surface area contributed by atoms with Crippen LogP contribution in [-0.2, 0) is 4.79 Å². The van der Waals surface area contributed by atoms with E-state index in [0.717, 1.165) is 16.1 Å². The number of nitrogens with zero attached hydrogens (tertiary/aromatic N) is 2. The smallest absolute Gasteiger partial charge is 0.235 e. The molecule has 1 unspecified atom stereocenters. The van der Waals surface area contributed by atoms with Crippen molar-refractivity contribution in [3.05, 3.63) is 52.0 Å². The average molecular weight is 230 g/mol. The zero-order valence-corrected chi connectivity index (χ0v) is 9.57. The number of aryl methyl sites for hydroxylation is 1. The SMILES string of the molecule is Cc1ncsc1C(N=C=O)c1ccccc1. The lowest BCUT2D eigenvalue weighted by atomic mass is 10.1. The summed E-state index contributed by atoms with van der Waals surface area (Å²) >= 11 is 1.51. The van der Waals surface area contributed by atoms with Gasteiger partial charge in [0.05, 0.1) is 16.1 Å². The normalized spacial score (nSPS) is 11.8. The monoisotopic (exact) mass is 230 g/mol. The molecule has 0 spiro atoms. The zero-order chi connectivity index (χ0) is 11.4. The molecule has 0 saturated heterocycles. The Labute approximate surface area is 97.5 Å². The summed E-state index contributed by atoms with van der Waals surface area (Å²) in [5.74, 6) is 0. The van der Waals surface area contributed by atoms with E-state index in [4.69, 9.17) is 0 Å². The van der Waals surface area contributed by atoms with Crippen molar-refractivity contribution in [1.29, 1.82) is 0 Å². The molecule has 0 amide bonds. The summed E-state index contributed by atoms with van der Waals surface area (Å²) in [5.41, 5.74) is 3.66. The molecule has 0 aliphatic rings. The predicted molar refractivity (Wildman–Crippen MR) is 63.3 cm³/mol. The maximum Gasteiger partial charge on any atom is 0.235 e. The van der Waals surface area contributed by atoms with Crippen molar-refractivity contribution < 1.29 is 4.79 Å². The molecule has 1 aromatic heterocycles. The van der Waals surface area contributed by atoms with E-state index < -0.39 is 0 Å². The zero-order valence-electron chi connectivity index (χ0n) is 8.75. The van der Waals surface area contributed by atoms with Crippen molar-refractivity contribution in [3.63, 3.8) is 0 Å². The molecule has 0 aliphatic carbocycles. The third kappa shape index (κ3) is 2.08. The largest absolute Gasteiger partial charge is 0.250 e. The number of aliphatic imine (C=N–C) groups is 1. The molecule has 16 heavy (non-hydrogen) atoms. The molecular weight excluding hydrogens is 220 g/mol. The number of aromatic nitrogens is 1. The first kappa shape index (κ1) is 10.7. The first-order valence-corrected chi connectivity index (χ1v) is 5.73. The van der Waals surface area contributed by atoms with Gasteiger partial charge in [0, 0.05) is 0 Å². The van der Waals surface area contributed by atoms with Gasteiger partial charge in [0.25, 0.3) is 0 Å². The number of hydrogen-bond acceptors (Lipinski definition) is 4. The van der Waals surface area contributed by atoms with Gasteiger partial charge in [0.2, 0.25) is 6.08 Å². The van der Waals surface area contributed by atoms with Crippen molar-refractivity contribution >= 4 is 17.4 Å². The van der Waals surface area contributed by atoms with Crippen molar-refractivity contribution in [1.82, 2.24) is 4.98 Å². The molecule has 0 aliphatic heterocycles. The van der Waals surface area contributed by atoms with Crippen LogP contribution in [0, 0.1) is 6.92 Å². The molecular formula is C12H10N2OS. The molecule has 0 N–H and O–H groups in total. The quantitative estimate of drug-likeness (QED) is 0.601. The summed E-state index contributed by atoms with van der Waals surface area (Å²) in [6, 6.07) is 9.42. The van der Waals surface area contributed by atoms with Gasteiger partial charge in [-0.1, -0.05) is 30.3 Å². The molecule has 1 aromatic carbocycles. The number of hydrogen-bond donors (Lipinski definition) is 0. The number of thiazole rings is 1. The maximum atomic E-state index is 10.5. The van der Waals surface area contributed by atoms with Crippen molar-refractivity contribution in [2.24, 2.45) is 4.99 Å². The van der Waals surface area contributed by atoms with Crippen LogP contribution in [0.15, 0.2) is 40.8 Å². The Morgan fingerprint density at radius 2 is 2.12 bits per heavy atom.